The fraction of sp³-hybridized carbons (Fsp3) is 0.625. The average molecular weight is 280 g/mol. The molecule has 1 heterocycles. The van der Waals surface area contributed by atoms with Crippen LogP contribution in [0.5, 0.6) is 5.75 Å². The van der Waals surface area contributed by atoms with Gasteiger partial charge in [-0.2, -0.15) is 0 Å². The fourth-order valence-electron chi connectivity index (χ4n) is 2.76. The molecular weight excluding hydrogens is 255 g/mol. The molecule has 0 radical (unpaired) electrons. The lowest BCUT2D eigenvalue weighted by Gasteiger charge is -2.26. The van der Waals surface area contributed by atoms with Crippen LogP contribution in [0, 0.1) is 5.82 Å². The number of benzene rings is 1. The summed E-state index contributed by atoms with van der Waals surface area (Å²) in [6, 6.07) is 6.37. The summed E-state index contributed by atoms with van der Waals surface area (Å²) in [6.45, 7) is 6.99. The standard InChI is InChI=1S/C16H25FN2O/c1-12(2)18-10-14-7-5-9-19(14)11-13-6-4-8-15(20-3)16(13)17/h4,6,8,12,14,18H,5,7,9-11H2,1-3H3. The molecule has 112 valence electrons. The molecular formula is C16H25FN2O. The van der Waals surface area contributed by atoms with Gasteiger partial charge in [-0.25, -0.2) is 4.39 Å². The summed E-state index contributed by atoms with van der Waals surface area (Å²) in [4.78, 5) is 2.37. The van der Waals surface area contributed by atoms with E-state index in [9.17, 15) is 4.39 Å². The Morgan fingerprint density at radius 3 is 2.95 bits per heavy atom. The SMILES string of the molecule is COc1cccc(CN2CCCC2CNC(C)C)c1F. The predicted molar refractivity (Wildman–Crippen MR) is 79.5 cm³/mol. The van der Waals surface area contributed by atoms with Gasteiger partial charge in [0.15, 0.2) is 11.6 Å². The lowest BCUT2D eigenvalue weighted by atomic mass is 10.1. The minimum absolute atomic E-state index is 0.225. The number of hydrogen-bond acceptors (Lipinski definition) is 3. The van der Waals surface area contributed by atoms with Gasteiger partial charge in [-0.15, -0.1) is 0 Å². The minimum Gasteiger partial charge on any atom is -0.494 e. The van der Waals surface area contributed by atoms with E-state index in [1.165, 1.54) is 20.0 Å². The van der Waals surface area contributed by atoms with Gasteiger partial charge in [-0.1, -0.05) is 26.0 Å². The Morgan fingerprint density at radius 2 is 2.25 bits per heavy atom. The molecule has 0 amide bonds. The zero-order valence-electron chi connectivity index (χ0n) is 12.7. The molecule has 0 bridgehead atoms. The molecule has 20 heavy (non-hydrogen) atoms. The number of nitrogens with one attached hydrogen (secondary N) is 1. The fourth-order valence-corrected chi connectivity index (χ4v) is 2.76. The van der Waals surface area contributed by atoms with E-state index in [1.807, 2.05) is 12.1 Å². The molecule has 1 saturated heterocycles. The monoisotopic (exact) mass is 280 g/mol. The quantitative estimate of drug-likeness (QED) is 0.867. The van der Waals surface area contributed by atoms with Gasteiger partial charge in [0.1, 0.15) is 0 Å². The molecule has 1 aromatic rings. The Kier molecular flexibility index (Phi) is 5.38. The first-order chi connectivity index (χ1) is 9.61. The number of nitrogens with zero attached hydrogens (tertiary/aromatic N) is 1. The molecule has 1 aliphatic heterocycles. The average Bonchev–Trinajstić information content (AvgIpc) is 2.86. The van der Waals surface area contributed by atoms with Gasteiger partial charge in [0.05, 0.1) is 7.11 Å². The van der Waals surface area contributed by atoms with Crippen molar-refractivity contribution in [1.29, 1.82) is 0 Å². The summed E-state index contributed by atoms with van der Waals surface area (Å²) in [7, 11) is 1.51. The number of methoxy groups -OCH3 is 1. The Morgan fingerprint density at radius 1 is 1.45 bits per heavy atom. The van der Waals surface area contributed by atoms with Crippen molar-refractivity contribution in [2.24, 2.45) is 0 Å². The molecule has 3 nitrogen and oxygen atoms in total. The molecule has 0 spiro atoms. The van der Waals surface area contributed by atoms with Gasteiger partial charge >= 0.3 is 0 Å². The van der Waals surface area contributed by atoms with Crippen molar-refractivity contribution in [3.63, 3.8) is 0 Å². The molecule has 0 aliphatic carbocycles. The first-order valence-electron chi connectivity index (χ1n) is 7.40. The molecule has 1 aromatic carbocycles. The zero-order valence-corrected chi connectivity index (χ0v) is 12.7. The van der Waals surface area contributed by atoms with Crippen LogP contribution in [0.3, 0.4) is 0 Å². The lowest BCUT2D eigenvalue weighted by molar-refractivity contribution is 0.232. The third-order valence-corrected chi connectivity index (χ3v) is 3.90. The second-order valence-corrected chi connectivity index (χ2v) is 5.76. The van der Waals surface area contributed by atoms with Crippen LogP contribution >= 0.6 is 0 Å². The van der Waals surface area contributed by atoms with Crippen molar-refractivity contribution in [3.05, 3.63) is 29.6 Å². The van der Waals surface area contributed by atoms with E-state index in [4.69, 9.17) is 4.74 Å². The van der Waals surface area contributed by atoms with Crippen molar-refractivity contribution in [3.8, 4) is 5.75 Å². The van der Waals surface area contributed by atoms with Crippen LogP contribution in [0.1, 0.15) is 32.3 Å². The van der Waals surface area contributed by atoms with Gasteiger partial charge < -0.3 is 10.1 Å². The van der Waals surface area contributed by atoms with E-state index in [0.717, 1.165) is 18.7 Å². The van der Waals surface area contributed by atoms with Gasteiger partial charge in [-0.3, -0.25) is 4.90 Å². The van der Waals surface area contributed by atoms with Gasteiger partial charge in [0.2, 0.25) is 0 Å². The molecule has 1 N–H and O–H groups in total. The highest BCUT2D eigenvalue weighted by Gasteiger charge is 2.25. The van der Waals surface area contributed by atoms with Crippen LogP contribution in [0.4, 0.5) is 4.39 Å². The molecule has 0 saturated carbocycles. The smallest absolute Gasteiger partial charge is 0.169 e. The van der Waals surface area contributed by atoms with Crippen molar-refractivity contribution < 1.29 is 9.13 Å². The van der Waals surface area contributed by atoms with Crippen molar-refractivity contribution in [2.45, 2.75) is 45.3 Å². The highest BCUT2D eigenvalue weighted by atomic mass is 19.1. The van der Waals surface area contributed by atoms with E-state index in [0.29, 0.717) is 24.4 Å². The molecule has 4 heteroatoms. The van der Waals surface area contributed by atoms with Crippen molar-refractivity contribution >= 4 is 0 Å². The first-order valence-corrected chi connectivity index (χ1v) is 7.40. The number of halogens is 1. The van der Waals surface area contributed by atoms with Crippen LogP contribution in [0.25, 0.3) is 0 Å². The summed E-state index contributed by atoms with van der Waals surface area (Å²) in [5, 5.41) is 3.48. The zero-order chi connectivity index (χ0) is 14.5. The number of likely N-dealkylation sites (tertiary alicyclic amines) is 1. The summed E-state index contributed by atoms with van der Waals surface area (Å²) in [6.07, 6.45) is 2.38. The van der Waals surface area contributed by atoms with E-state index in [1.54, 1.807) is 6.07 Å². The minimum atomic E-state index is -0.225. The predicted octanol–water partition coefficient (Wildman–Crippen LogP) is 2.80. The summed E-state index contributed by atoms with van der Waals surface area (Å²) in [5.74, 6) is 0.107. The molecule has 1 fully saturated rings. The molecule has 0 aromatic heterocycles. The van der Waals surface area contributed by atoms with Crippen LogP contribution in [-0.2, 0) is 6.54 Å². The van der Waals surface area contributed by atoms with Gasteiger partial charge in [0.25, 0.3) is 0 Å². The number of ether oxygens (including phenoxy) is 1. The van der Waals surface area contributed by atoms with Crippen LogP contribution < -0.4 is 10.1 Å². The van der Waals surface area contributed by atoms with E-state index in [-0.39, 0.29) is 5.82 Å². The third-order valence-electron chi connectivity index (χ3n) is 3.90. The molecule has 1 aliphatic rings. The summed E-state index contributed by atoms with van der Waals surface area (Å²) < 4.78 is 19.3. The van der Waals surface area contributed by atoms with E-state index < -0.39 is 0 Å². The first kappa shape index (κ1) is 15.3. The van der Waals surface area contributed by atoms with E-state index >= 15 is 0 Å². The number of rotatable bonds is 6. The largest absolute Gasteiger partial charge is 0.494 e. The highest BCUT2D eigenvalue weighted by molar-refractivity contribution is 5.31. The van der Waals surface area contributed by atoms with Crippen molar-refractivity contribution in [1.82, 2.24) is 10.2 Å². The Labute approximate surface area is 121 Å². The normalized spacial score (nSPS) is 19.8. The maximum atomic E-state index is 14.2. The van der Waals surface area contributed by atoms with Crippen LogP contribution in [0.15, 0.2) is 18.2 Å². The maximum Gasteiger partial charge on any atom is 0.169 e. The highest BCUT2D eigenvalue weighted by Crippen LogP contribution is 2.25. The van der Waals surface area contributed by atoms with Gasteiger partial charge in [-0.05, 0) is 25.5 Å². The Balaban J connectivity index is 2.01. The molecule has 2 rings (SSSR count). The van der Waals surface area contributed by atoms with Gasteiger partial charge in [0, 0.05) is 30.7 Å². The topological polar surface area (TPSA) is 24.5 Å². The van der Waals surface area contributed by atoms with E-state index in [2.05, 4.69) is 24.1 Å². The summed E-state index contributed by atoms with van der Waals surface area (Å²) >= 11 is 0. The summed E-state index contributed by atoms with van der Waals surface area (Å²) in [5.41, 5.74) is 0.723. The van der Waals surface area contributed by atoms with Crippen LogP contribution in [-0.4, -0.2) is 37.2 Å². The number of hydrogen-bond donors (Lipinski definition) is 1. The second kappa shape index (κ2) is 7.04. The van der Waals surface area contributed by atoms with Crippen molar-refractivity contribution in [2.75, 3.05) is 20.2 Å². The Bertz CT molecular complexity index is 436. The maximum absolute atomic E-state index is 14.2. The third kappa shape index (κ3) is 3.70. The lowest BCUT2D eigenvalue weighted by Crippen LogP contribution is -2.39. The molecule has 1 unspecified atom stereocenters. The molecule has 1 atom stereocenters. The van der Waals surface area contributed by atoms with Crippen LogP contribution in [0.2, 0.25) is 0 Å². The Hall–Kier alpha value is -1.13. The second-order valence-electron chi connectivity index (χ2n) is 5.76.